The summed E-state index contributed by atoms with van der Waals surface area (Å²) in [5.41, 5.74) is 4.77. The fourth-order valence-corrected chi connectivity index (χ4v) is 4.76. The fraction of sp³-hybridized carbons (Fsp3) is 0.292. The normalized spacial score (nSPS) is 14.3. The molecule has 1 aromatic heterocycles. The van der Waals surface area contributed by atoms with E-state index in [1.54, 1.807) is 0 Å². The van der Waals surface area contributed by atoms with Crippen LogP contribution < -0.4 is 0 Å². The van der Waals surface area contributed by atoms with Crippen LogP contribution in [0.2, 0.25) is 0 Å². The van der Waals surface area contributed by atoms with Crippen LogP contribution in [0.3, 0.4) is 0 Å². The molecule has 0 saturated carbocycles. The first-order valence-electron chi connectivity index (χ1n) is 10.2. The lowest BCUT2D eigenvalue weighted by molar-refractivity contribution is -0.131. The van der Waals surface area contributed by atoms with Crippen molar-refractivity contribution in [2.45, 2.75) is 43.8 Å². The quantitative estimate of drug-likeness (QED) is 0.437. The van der Waals surface area contributed by atoms with Gasteiger partial charge in [-0.2, -0.15) is 0 Å². The lowest BCUT2D eigenvalue weighted by Crippen LogP contribution is -2.40. The van der Waals surface area contributed by atoms with E-state index in [-0.39, 0.29) is 11.2 Å². The Balaban J connectivity index is 1.52. The molecular weight excluding hydrogens is 392 g/mol. The van der Waals surface area contributed by atoms with Crippen LogP contribution in [0.1, 0.15) is 23.6 Å². The lowest BCUT2D eigenvalue weighted by Gasteiger charge is -2.30. The molecular formula is C24H26N4OS. The number of rotatable bonds is 6. The minimum absolute atomic E-state index is 0.139. The molecule has 6 heteroatoms. The topological polar surface area (TPSA) is 51.0 Å². The molecule has 30 heavy (non-hydrogen) atoms. The number of amides is 1. The van der Waals surface area contributed by atoms with Gasteiger partial charge in [0.1, 0.15) is 0 Å². The maximum absolute atomic E-state index is 13.1. The summed E-state index contributed by atoms with van der Waals surface area (Å²) >= 11 is 1.46. The van der Waals surface area contributed by atoms with Crippen molar-refractivity contribution in [2.75, 3.05) is 6.54 Å². The highest BCUT2D eigenvalue weighted by Gasteiger charge is 2.27. The van der Waals surface area contributed by atoms with Gasteiger partial charge in [-0.15, -0.1) is 16.8 Å². The van der Waals surface area contributed by atoms with Gasteiger partial charge in [0.2, 0.25) is 5.91 Å². The van der Waals surface area contributed by atoms with Gasteiger partial charge in [-0.1, -0.05) is 65.9 Å². The van der Waals surface area contributed by atoms with E-state index >= 15 is 0 Å². The maximum atomic E-state index is 13.1. The zero-order chi connectivity index (χ0) is 21.1. The van der Waals surface area contributed by atoms with Crippen LogP contribution in [-0.2, 0) is 24.3 Å². The third-order valence-electron chi connectivity index (χ3n) is 5.38. The number of hydrogen-bond acceptors (Lipinski definition) is 4. The number of aromatic nitrogens is 3. The van der Waals surface area contributed by atoms with Crippen molar-refractivity contribution in [3.63, 3.8) is 0 Å². The number of carbonyl (C=O) groups is 1. The van der Waals surface area contributed by atoms with E-state index in [0.717, 1.165) is 29.5 Å². The Hall–Kier alpha value is -2.86. The van der Waals surface area contributed by atoms with Crippen molar-refractivity contribution < 1.29 is 4.79 Å². The molecule has 0 fully saturated rings. The number of nitrogens with zero attached hydrogens (tertiary/aromatic N) is 4. The van der Waals surface area contributed by atoms with Crippen molar-refractivity contribution in [3.05, 3.63) is 77.9 Å². The highest BCUT2D eigenvalue weighted by molar-refractivity contribution is 8.00. The number of carbonyl (C=O) groups excluding carboxylic acids is 1. The minimum atomic E-state index is -0.242. The molecule has 5 nitrogen and oxygen atoms in total. The van der Waals surface area contributed by atoms with Gasteiger partial charge < -0.3 is 4.90 Å². The predicted octanol–water partition coefficient (Wildman–Crippen LogP) is 4.51. The monoisotopic (exact) mass is 418 g/mol. The summed E-state index contributed by atoms with van der Waals surface area (Å²) in [5, 5.41) is 9.32. The molecule has 154 valence electrons. The van der Waals surface area contributed by atoms with E-state index in [4.69, 9.17) is 0 Å². The van der Waals surface area contributed by atoms with Crippen LogP contribution in [0, 0.1) is 6.92 Å². The molecule has 0 bridgehead atoms. The molecule has 1 aliphatic rings. The summed E-state index contributed by atoms with van der Waals surface area (Å²) < 4.78 is 2.03. The highest BCUT2D eigenvalue weighted by atomic mass is 32.2. The molecule has 0 spiro atoms. The summed E-state index contributed by atoms with van der Waals surface area (Å²) in [4.78, 5) is 15.1. The zero-order valence-corrected chi connectivity index (χ0v) is 18.2. The summed E-state index contributed by atoms with van der Waals surface area (Å²) in [5.74, 6) is 0.937. The second-order valence-corrected chi connectivity index (χ2v) is 8.92. The van der Waals surface area contributed by atoms with Crippen LogP contribution in [0.25, 0.3) is 11.4 Å². The Morgan fingerprint density at radius 2 is 2.00 bits per heavy atom. The molecule has 1 amide bonds. The Morgan fingerprint density at radius 3 is 2.77 bits per heavy atom. The SMILES string of the molecule is C=CCn1c(SC(C)C(=O)N2CCc3ccccc3C2)nnc1-c1cccc(C)c1. The smallest absolute Gasteiger partial charge is 0.236 e. The van der Waals surface area contributed by atoms with Gasteiger partial charge in [0.15, 0.2) is 11.0 Å². The molecule has 2 heterocycles. The maximum Gasteiger partial charge on any atom is 0.236 e. The summed E-state index contributed by atoms with van der Waals surface area (Å²) in [6.07, 6.45) is 2.74. The van der Waals surface area contributed by atoms with Crippen LogP contribution in [0.15, 0.2) is 66.3 Å². The van der Waals surface area contributed by atoms with Gasteiger partial charge in [0, 0.05) is 25.2 Å². The highest BCUT2D eigenvalue weighted by Crippen LogP contribution is 2.29. The number of aryl methyl sites for hydroxylation is 1. The van der Waals surface area contributed by atoms with Crippen LogP contribution in [-0.4, -0.2) is 37.4 Å². The van der Waals surface area contributed by atoms with Gasteiger partial charge in [-0.05, 0) is 37.5 Å². The van der Waals surface area contributed by atoms with E-state index in [1.807, 2.05) is 40.7 Å². The number of benzene rings is 2. The Labute approximate surface area is 181 Å². The Morgan fingerprint density at radius 1 is 1.20 bits per heavy atom. The van der Waals surface area contributed by atoms with E-state index < -0.39 is 0 Å². The molecule has 0 saturated heterocycles. The summed E-state index contributed by atoms with van der Waals surface area (Å²) in [6, 6.07) is 16.6. The first-order valence-corrected chi connectivity index (χ1v) is 11.1. The first kappa shape index (κ1) is 20.4. The number of allylic oxidation sites excluding steroid dienone is 1. The van der Waals surface area contributed by atoms with Crippen LogP contribution >= 0.6 is 11.8 Å². The predicted molar refractivity (Wildman–Crippen MR) is 121 cm³/mol. The second kappa shape index (κ2) is 8.88. The van der Waals surface area contributed by atoms with E-state index in [9.17, 15) is 4.79 Å². The zero-order valence-electron chi connectivity index (χ0n) is 17.4. The minimum Gasteiger partial charge on any atom is -0.337 e. The van der Waals surface area contributed by atoms with Gasteiger partial charge in [0.05, 0.1) is 5.25 Å². The Kier molecular flexibility index (Phi) is 6.04. The van der Waals surface area contributed by atoms with Crippen LogP contribution in [0.4, 0.5) is 0 Å². The molecule has 2 aromatic carbocycles. The summed E-state index contributed by atoms with van der Waals surface area (Å²) in [6.45, 7) is 9.92. The molecule has 1 atom stereocenters. The number of fused-ring (bicyclic) bond motifs is 1. The van der Waals surface area contributed by atoms with Crippen molar-refractivity contribution in [1.29, 1.82) is 0 Å². The van der Waals surface area contributed by atoms with E-state index in [2.05, 4.69) is 54.0 Å². The van der Waals surface area contributed by atoms with Crippen LogP contribution in [0.5, 0.6) is 0 Å². The van der Waals surface area contributed by atoms with Crippen molar-refractivity contribution >= 4 is 17.7 Å². The second-order valence-electron chi connectivity index (χ2n) is 7.61. The molecule has 0 aliphatic carbocycles. The lowest BCUT2D eigenvalue weighted by atomic mass is 10.00. The van der Waals surface area contributed by atoms with Gasteiger partial charge in [-0.25, -0.2) is 0 Å². The van der Waals surface area contributed by atoms with Crippen molar-refractivity contribution in [1.82, 2.24) is 19.7 Å². The molecule has 4 rings (SSSR count). The van der Waals surface area contributed by atoms with Gasteiger partial charge in [0.25, 0.3) is 0 Å². The van der Waals surface area contributed by atoms with E-state index in [1.165, 1.54) is 28.5 Å². The van der Waals surface area contributed by atoms with Crippen molar-refractivity contribution in [3.8, 4) is 11.4 Å². The number of hydrogen-bond donors (Lipinski definition) is 0. The van der Waals surface area contributed by atoms with E-state index in [0.29, 0.717) is 13.1 Å². The molecule has 3 aromatic rings. The fourth-order valence-electron chi connectivity index (χ4n) is 3.82. The average Bonchev–Trinajstić information content (AvgIpc) is 3.15. The molecule has 1 aliphatic heterocycles. The molecule has 0 radical (unpaired) electrons. The largest absolute Gasteiger partial charge is 0.337 e. The molecule has 0 N–H and O–H groups in total. The number of thioether (sulfide) groups is 1. The summed E-state index contributed by atoms with van der Waals surface area (Å²) in [7, 11) is 0. The third-order valence-corrected chi connectivity index (χ3v) is 6.45. The first-order chi connectivity index (χ1) is 14.6. The Bertz CT molecular complexity index is 1070. The third kappa shape index (κ3) is 4.19. The van der Waals surface area contributed by atoms with Gasteiger partial charge in [-0.3, -0.25) is 9.36 Å². The molecule has 1 unspecified atom stereocenters. The average molecular weight is 419 g/mol. The standard InChI is InChI=1S/C24H26N4OS/c1-4-13-28-22(20-11-7-8-17(2)15-20)25-26-24(28)30-18(3)23(29)27-14-12-19-9-5-6-10-21(19)16-27/h4-11,15,18H,1,12-14,16H2,2-3H3. The van der Waals surface area contributed by atoms with Gasteiger partial charge >= 0.3 is 0 Å². The van der Waals surface area contributed by atoms with Crippen molar-refractivity contribution in [2.24, 2.45) is 0 Å².